The van der Waals surface area contributed by atoms with Gasteiger partial charge in [-0.15, -0.1) is 11.3 Å². The molecule has 6 heteroatoms. The number of halogens is 4. The van der Waals surface area contributed by atoms with Gasteiger partial charge in [0.2, 0.25) is 0 Å². The highest BCUT2D eigenvalue weighted by Crippen LogP contribution is 2.38. The molecule has 1 N–H and O–H groups in total. The van der Waals surface area contributed by atoms with Crippen molar-refractivity contribution in [2.75, 3.05) is 6.54 Å². The molecule has 0 bridgehead atoms. The quantitative estimate of drug-likeness (QED) is 0.654. The number of nitrogens with one attached hydrogen (secondary N) is 1. The second-order valence-electron chi connectivity index (χ2n) is 4.33. The smallest absolute Gasteiger partial charge is 0.131 e. The first-order chi connectivity index (χ1) is 9.52. The molecule has 1 unspecified atom stereocenters. The average Bonchev–Trinajstić information content (AvgIpc) is 2.71. The van der Waals surface area contributed by atoms with Crippen LogP contribution in [0.4, 0.5) is 8.78 Å². The summed E-state index contributed by atoms with van der Waals surface area (Å²) in [6, 6.07) is 5.35. The summed E-state index contributed by atoms with van der Waals surface area (Å²) in [5.74, 6) is -1.10. The van der Waals surface area contributed by atoms with Crippen molar-refractivity contribution in [1.29, 1.82) is 0 Å². The molecule has 0 spiro atoms. The van der Waals surface area contributed by atoms with Gasteiger partial charge in [-0.3, -0.25) is 0 Å². The van der Waals surface area contributed by atoms with E-state index in [4.69, 9.17) is 0 Å². The van der Waals surface area contributed by atoms with E-state index in [9.17, 15) is 8.78 Å². The van der Waals surface area contributed by atoms with Gasteiger partial charge in [-0.05, 0) is 62.5 Å². The van der Waals surface area contributed by atoms with Crippen LogP contribution in [0.2, 0.25) is 0 Å². The van der Waals surface area contributed by atoms with E-state index in [0.29, 0.717) is 5.56 Å². The zero-order chi connectivity index (χ0) is 14.7. The molecule has 108 valence electrons. The average molecular weight is 425 g/mol. The topological polar surface area (TPSA) is 12.0 Å². The fourth-order valence-corrected chi connectivity index (χ4v) is 4.86. The molecule has 2 aromatic rings. The lowest BCUT2D eigenvalue weighted by molar-refractivity contribution is 0.532. The van der Waals surface area contributed by atoms with Gasteiger partial charge in [-0.25, -0.2) is 8.78 Å². The van der Waals surface area contributed by atoms with Crippen molar-refractivity contribution >= 4 is 43.2 Å². The van der Waals surface area contributed by atoms with E-state index in [1.165, 1.54) is 23.5 Å². The highest BCUT2D eigenvalue weighted by atomic mass is 79.9. The van der Waals surface area contributed by atoms with E-state index in [2.05, 4.69) is 37.2 Å². The molecule has 2 rings (SSSR count). The molecule has 1 aromatic heterocycles. The fourth-order valence-electron chi connectivity index (χ4n) is 1.96. The van der Waals surface area contributed by atoms with Crippen LogP contribution in [0.25, 0.3) is 0 Å². The Balaban J connectivity index is 2.44. The molecule has 0 fully saturated rings. The Kier molecular flexibility index (Phi) is 5.72. The van der Waals surface area contributed by atoms with Crippen molar-refractivity contribution in [3.63, 3.8) is 0 Å². The van der Waals surface area contributed by atoms with Crippen LogP contribution in [0.1, 0.15) is 30.5 Å². The Morgan fingerprint density at radius 1 is 1.20 bits per heavy atom. The van der Waals surface area contributed by atoms with Gasteiger partial charge in [0.15, 0.2) is 0 Å². The normalized spacial score (nSPS) is 12.7. The summed E-state index contributed by atoms with van der Waals surface area (Å²) < 4.78 is 29.0. The highest BCUT2D eigenvalue weighted by molar-refractivity contribution is 9.12. The van der Waals surface area contributed by atoms with E-state index in [1.807, 2.05) is 13.0 Å². The Labute approximate surface area is 137 Å². The van der Waals surface area contributed by atoms with Crippen LogP contribution in [-0.2, 0) is 0 Å². The minimum atomic E-state index is -0.564. The van der Waals surface area contributed by atoms with Crippen LogP contribution in [0, 0.1) is 11.6 Å². The summed E-state index contributed by atoms with van der Waals surface area (Å²) in [7, 11) is 0. The maximum atomic E-state index is 14.0. The Morgan fingerprint density at radius 3 is 2.50 bits per heavy atom. The minimum Gasteiger partial charge on any atom is -0.306 e. The van der Waals surface area contributed by atoms with Gasteiger partial charge in [-0.2, -0.15) is 0 Å². The lowest BCUT2D eigenvalue weighted by Crippen LogP contribution is -2.24. The molecule has 0 aliphatic rings. The predicted molar refractivity (Wildman–Crippen MR) is 86.2 cm³/mol. The molecule has 0 saturated carbocycles. The maximum Gasteiger partial charge on any atom is 0.131 e. The number of benzene rings is 1. The molecule has 0 saturated heterocycles. The highest BCUT2D eigenvalue weighted by Gasteiger charge is 2.21. The Bertz CT molecular complexity index is 601. The zero-order valence-corrected chi connectivity index (χ0v) is 14.7. The molecule has 20 heavy (non-hydrogen) atoms. The monoisotopic (exact) mass is 423 g/mol. The molecular weight excluding hydrogens is 412 g/mol. The van der Waals surface area contributed by atoms with Gasteiger partial charge in [0.1, 0.15) is 11.6 Å². The van der Waals surface area contributed by atoms with Crippen molar-refractivity contribution in [2.45, 2.75) is 19.4 Å². The third kappa shape index (κ3) is 3.67. The third-order valence-corrected chi connectivity index (χ3v) is 5.25. The third-order valence-electron chi connectivity index (χ3n) is 2.87. The van der Waals surface area contributed by atoms with Gasteiger partial charge in [0.05, 0.1) is 13.6 Å². The largest absolute Gasteiger partial charge is 0.306 e. The van der Waals surface area contributed by atoms with Crippen molar-refractivity contribution in [3.05, 3.63) is 54.6 Å². The van der Waals surface area contributed by atoms with Gasteiger partial charge in [-0.1, -0.05) is 13.0 Å². The summed E-state index contributed by atoms with van der Waals surface area (Å²) in [5, 5.41) is 3.31. The summed E-state index contributed by atoms with van der Waals surface area (Å²) in [5.41, 5.74) is 1.40. The maximum absolute atomic E-state index is 14.0. The van der Waals surface area contributed by atoms with Crippen LogP contribution in [0.15, 0.2) is 31.8 Å². The molecule has 1 nitrogen and oxygen atoms in total. The van der Waals surface area contributed by atoms with Gasteiger partial charge in [0.25, 0.3) is 0 Å². The van der Waals surface area contributed by atoms with Gasteiger partial charge >= 0.3 is 0 Å². The van der Waals surface area contributed by atoms with Crippen LogP contribution in [0.3, 0.4) is 0 Å². The van der Waals surface area contributed by atoms with Crippen LogP contribution < -0.4 is 5.32 Å². The van der Waals surface area contributed by atoms with Crippen molar-refractivity contribution < 1.29 is 8.78 Å². The molecule has 1 heterocycles. The first-order valence-electron chi connectivity index (χ1n) is 6.16. The van der Waals surface area contributed by atoms with E-state index in [-0.39, 0.29) is 6.04 Å². The predicted octanol–water partition coefficient (Wildman–Crippen LogP) is 5.64. The fraction of sp³-hybridized carbons (Fsp3) is 0.286. The lowest BCUT2D eigenvalue weighted by atomic mass is 10.0. The summed E-state index contributed by atoms with van der Waals surface area (Å²) in [4.78, 5) is 0. The molecule has 0 amide bonds. The van der Waals surface area contributed by atoms with E-state index in [0.717, 1.165) is 32.2 Å². The number of rotatable bonds is 5. The van der Waals surface area contributed by atoms with Gasteiger partial charge in [0, 0.05) is 11.6 Å². The Hall–Kier alpha value is -0.300. The van der Waals surface area contributed by atoms with Crippen molar-refractivity contribution in [1.82, 2.24) is 5.32 Å². The van der Waals surface area contributed by atoms with E-state index in [1.54, 1.807) is 0 Å². The molecular formula is C14H13Br2F2NS. The van der Waals surface area contributed by atoms with Crippen LogP contribution in [0.5, 0.6) is 0 Å². The first kappa shape index (κ1) is 16.1. The molecule has 0 aliphatic heterocycles. The molecule has 0 radical (unpaired) electrons. The molecule has 0 aliphatic carbocycles. The minimum absolute atomic E-state index is 0.299. The number of thiophene rings is 1. The molecule has 1 aromatic carbocycles. The van der Waals surface area contributed by atoms with E-state index < -0.39 is 11.6 Å². The number of hydrogen-bond donors (Lipinski definition) is 1. The van der Waals surface area contributed by atoms with Crippen LogP contribution >= 0.6 is 43.2 Å². The van der Waals surface area contributed by atoms with Gasteiger partial charge < -0.3 is 5.32 Å². The molecule has 1 atom stereocenters. The van der Waals surface area contributed by atoms with Crippen molar-refractivity contribution in [2.24, 2.45) is 0 Å². The Morgan fingerprint density at radius 2 is 1.95 bits per heavy atom. The summed E-state index contributed by atoms with van der Waals surface area (Å²) in [6.45, 7) is 2.80. The van der Waals surface area contributed by atoms with Crippen molar-refractivity contribution in [3.8, 4) is 0 Å². The second kappa shape index (κ2) is 7.11. The summed E-state index contributed by atoms with van der Waals surface area (Å²) >= 11 is 8.46. The lowest BCUT2D eigenvalue weighted by Gasteiger charge is -2.19. The second-order valence-corrected chi connectivity index (χ2v) is 8.08. The standard InChI is InChI=1S/C14H13Br2F2NS/c1-2-5-19-13(10-7-12(15)20-14(10)16)9-4-3-8(17)6-11(9)18/h3-4,6-7,13,19H,2,5H2,1H3. The number of hydrogen-bond acceptors (Lipinski definition) is 2. The first-order valence-corrected chi connectivity index (χ1v) is 8.56. The van der Waals surface area contributed by atoms with Crippen LogP contribution in [-0.4, -0.2) is 6.54 Å². The summed E-state index contributed by atoms with van der Waals surface area (Å²) in [6.07, 6.45) is 0.933. The zero-order valence-electron chi connectivity index (χ0n) is 10.7. The SMILES string of the molecule is CCCNC(c1ccc(F)cc1F)c1cc(Br)sc1Br. The van der Waals surface area contributed by atoms with E-state index >= 15 is 0 Å².